The van der Waals surface area contributed by atoms with Gasteiger partial charge in [-0.25, -0.2) is 0 Å². The number of halogens is 3. The van der Waals surface area contributed by atoms with Crippen molar-refractivity contribution < 1.29 is 27.8 Å². The molecule has 0 bridgehead atoms. The minimum Gasteiger partial charge on any atom is -0.491 e. The molecule has 1 atom stereocenters. The fourth-order valence-electron chi connectivity index (χ4n) is 2.74. The first kappa shape index (κ1) is 23.1. The summed E-state index contributed by atoms with van der Waals surface area (Å²) in [6.07, 6.45) is -3.89. The summed E-state index contributed by atoms with van der Waals surface area (Å²) in [6, 6.07) is 12.7. The summed E-state index contributed by atoms with van der Waals surface area (Å²) < 4.78 is 51.5. The van der Waals surface area contributed by atoms with E-state index in [0.29, 0.717) is 18.0 Å². The molecule has 166 valence electrons. The van der Waals surface area contributed by atoms with E-state index in [2.05, 4.69) is 10.2 Å². The number of aliphatic hydroxyl groups is 1. The lowest BCUT2D eigenvalue weighted by molar-refractivity contribution is -0.139. The molecule has 3 rings (SSSR count). The van der Waals surface area contributed by atoms with Crippen LogP contribution in [-0.4, -0.2) is 41.7 Å². The summed E-state index contributed by atoms with van der Waals surface area (Å²) in [5, 5.41) is 17.4. The average Bonchev–Trinajstić information content (AvgIpc) is 3.26. The number of hydrogen-bond acceptors (Lipinski definition) is 7. The maximum atomic E-state index is 13.6. The third kappa shape index (κ3) is 6.47. The Morgan fingerprint density at radius 3 is 2.52 bits per heavy atom. The number of hydrogen-bond donors (Lipinski definition) is 2. The van der Waals surface area contributed by atoms with Gasteiger partial charge in [0.1, 0.15) is 22.4 Å². The SMILES string of the molecule is NC(CO)c1nnc(-c2ccc(OCCOCCc3ccccc3)c(C(F)(F)F)c2)s1. The Kier molecular flexibility index (Phi) is 7.97. The molecule has 31 heavy (non-hydrogen) atoms. The van der Waals surface area contributed by atoms with Crippen LogP contribution in [0, 0.1) is 0 Å². The monoisotopic (exact) mass is 453 g/mol. The Hall–Kier alpha value is -2.53. The van der Waals surface area contributed by atoms with Crippen molar-refractivity contribution >= 4 is 11.3 Å². The van der Waals surface area contributed by atoms with Gasteiger partial charge < -0.3 is 20.3 Å². The number of aromatic nitrogens is 2. The maximum Gasteiger partial charge on any atom is 0.419 e. The molecule has 0 saturated heterocycles. The minimum atomic E-state index is -4.60. The van der Waals surface area contributed by atoms with E-state index < -0.39 is 17.8 Å². The van der Waals surface area contributed by atoms with Crippen molar-refractivity contribution in [2.75, 3.05) is 26.4 Å². The van der Waals surface area contributed by atoms with Crippen molar-refractivity contribution in [3.8, 4) is 16.3 Å². The van der Waals surface area contributed by atoms with Gasteiger partial charge in [0.2, 0.25) is 0 Å². The standard InChI is InChI=1S/C21H22F3N3O3S/c22-21(23,24)16-12-15(19-26-27-20(31-19)17(25)13-28)6-7-18(16)30-11-10-29-9-8-14-4-2-1-3-5-14/h1-7,12,17,28H,8-11,13,25H2. The molecule has 0 radical (unpaired) electrons. The highest BCUT2D eigenvalue weighted by molar-refractivity contribution is 7.14. The van der Waals surface area contributed by atoms with Crippen LogP contribution in [0.15, 0.2) is 48.5 Å². The van der Waals surface area contributed by atoms with Gasteiger partial charge in [-0.05, 0) is 30.2 Å². The maximum absolute atomic E-state index is 13.6. The molecular formula is C21H22F3N3O3S. The topological polar surface area (TPSA) is 90.5 Å². The number of alkyl halides is 3. The minimum absolute atomic E-state index is 0.00841. The number of nitrogens with zero attached hydrogens (tertiary/aromatic N) is 2. The van der Waals surface area contributed by atoms with Gasteiger partial charge >= 0.3 is 6.18 Å². The Bertz CT molecular complexity index is 967. The number of aliphatic hydroxyl groups excluding tert-OH is 1. The summed E-state index contributed by atoms with van der Waals surface area (Å²) in [5.74, 6) is -0.278. The smallest absolute Gasteiger partial charge is 0.419 e. The van der Waals surface area contributed by atoms with Crippen molar-refractivity contribution in [2.45, 2.75) is 18.6 Å². The zero-order valence-corrected chi connectivity index (χ0v) is 17.3. The molecular weight excluding hydrogens is 431 g/mol. The molecule has 1 unspecified atom stereocenters. The molecule has 0 spiro atoms. The van der Waals surface area contributed by atoms with Crippen LogP contribution in [0.4, 0.5) is 13.2 Å². The zero-order chi connectivity index (χ0) is 22.3. The Labute approximate surface area is 181 Å². The van der Waals surface area contributed by atoms with Crippen LogP contribution in [0.2, 0.25) is 0 Å². The summed E-state index contributed by atoms with van der Waals surface area (Å²) in [4.78, 5) is 0. The molecule has 0 saturated carbocycles. The first-order valence-corrected chi connectivity index (χ1v) is 10.4. The highest BCUT2D eigenvalue weighted by Crippen LogP contribution is 2.39. The summed E-state index contributed by atoms with van der Waals surface area (Å²) in [5.41, 5.74) is 6.14. The quantitative estimate of drug-likeness (QED) is 0.453. The number of benzene rings is 2. The van der Waals surface area contributed by atoms with E-state index in [-0.39, 0.29) is 36.1 Å². The zero-order valence-electron chi connectivity index (χ0n) is 16.5. The Morgan fingerprint density at radius 1 is 1.03 bits per heavy atom. The van der Waals surface area contributed by atoms with Gasteiger partial charge in [-0.1, -0.05) is 41.7 Å². The molecule has 1 heterocycles. The van der Waals surface area contributed by atoms with Gasteiger partial charge in [0, 0.05) is 5.56 Å². The van der Waals surface area contributed by atoms with E-state index in [1.165, 1.54) is 12.1 Å². The second-order valence-electron chi connectivity index (χ2n) is 6.64. The first-order valence-electron chi connectivity index (χ1n) is 9.54. The molecule has 10 heteroatoms. The van der Waals surface area contributed by atoms with E-state index in [1.54, 1.807) is 0 Å². The van der Waals surface area contributed by atoms with E-state index in [1.807, 2.05) is 30.3 Å². The van der Waals surface area contributed by atoms with Crippen LogP contribution in [-0.2, 0) is 17.3 Å². The van der Waals surface area contributed by atoms with Crippen LogP contribution in [0.3, 0.4) is 0 Å². The molecule has 0 aliphatic carbocycles. The highest BCUT2D eigenvalue weighted by atomic mass is 32.1. The fourth-order valence-corrected chi connectivity index (χ4v) is 3.57. The summed E-state index contributed by atoms with van der Waals surface area (Å²) in [6.45, 7) is 0.284. The second kappa shape index (κ2) is 10.7. The van der Waals surface area contributed by atoms with Gasteiger partial charge in [-0.15, -0.1) is 10.2 Å². The van der Waals surface area contributed by atoms with E-state index in [0.717, 1.165) is 23.0 Å². The van der Waals surface area contributed by atoms with E-state index >= 15 is 0 Å². The predicted molar refractivity (Wildman–Crippen MR) is 111 cm³/mol. The van der Waals surface area contributed by atoms with Crippen LogP contribution < -0.4 is 10.5 Å². The molecule has 1 aromatic heterocycles. The molecule has 3 aromatic rings. The van der Waals surface area contributed by atoms with Crippen molar-refractivity contribution in [2.24, 2.45) is 5.73 Å². The van der Waals surface area contributed by atoms with Crippen LogP contribution in [0.5, 0.6) is 5.75 Å². The predicted octanol–water partition coefficient (Wildman–Crippen LogP) is 3.85. The lowest BCUT2D eigenvalue weighted by atomic mass is 10.1. The molecule has 2 aromatic carbocycles. The normalized spacial score (nSPS) is 12.7. The molecule has 0 aliphatic heterocycles. The highest BCUT2D eigenvalue weighted by Gasteiger charge is 2.35. The van der Waals surface area contributed by atoms with Gasteiger partial charge in [0.25, 0.3) is 0 Å². The lowest BCUT2D eigenvalue weighted by Crippen LogP contribution is -2.13. The average molecular weight is 453 g/mol. The first-order chi connectivity index (χ1) is 14.9. The van der Waals surface area contributed by atoms with Gasteiger partial charge in [0.15, 0.2) is 0 Å². The molecule has 3 N–H and O–H groups in total. The molecule has 0 amide bonds. The summed E-state index contributed by atoms with van der Waals surface area (Å²) in [7, 11) is 0. The third-order valence-corrected chi connectivity index (χ3v) is 5.45. The number of nitrogens with two attached hydrogens (primary N) is 1. The molecule has 0 fully saturated rings. The van der Waals surface area contributed by atoms with E-state index in [4.69, 9.17) is 20.3 Å². The van der Waals surface area contributed by atoms with Gasteiger partial charge in [0.05, 0.1) is 31.4 Å². The lowest BCUT2D eigenvalue weighted by Gasteiger charge is -2.15. The van der Waals surface area contributed by atoms with Crippen molar-refractivity contribution in [3.63, 3.8) is 0 Å². The Morgan fingerprint density at radius 2 is 1.81 bits per heavy atom. The Balaban J connectivity index is 1.60. The second-order valence-corrected chi connectivity index (χ2v) is 7.65. The van der Waals surface area contributed by atoms with E-state index in [9.17, 15) is 13.2 Å². The fraction of sp³-hybridized carbons (Fsp3) is 0.333. The third-order valence-electron chi connectivity index (χ3n) is 4.35. The van der Waals surface area contributed by atoms with Gasteiger partial charge in [-0.3, -0.25) is 0 Å². The molecule has 6 nitrogen and oxygen atoms in total. The number of ether oxygens (including phenoxy) is 2. The van der Waals surface area contributed by atoms with Crippen molar-refractivity contribution in [3.05, 3.63) is 64.7 Å². The van der Waals surface area contributed by atoms with Crippen molar-refractivity contribution in [1.82, 2.24) is 10.2 Å². The van der Waals surface area contributed by atoms with Crippen LogP contribution >= 0.6 is 11.3 Å². The van der Waals surface area contributed by atoms with Crippen LogP contribution in [0.25, 0.3) is 10.6 Å². The molecule has 0 aliphatic rings. The largest absolute Gasteiger partial charge is 0.491 e. The van der Waals surface area contributed by atoms with Crippen molar-refractivity contribution in [1.29, 1.82) is 0 Å². The van der Waals surface area contributed by atoms with Crippen LogP contribution in [0.1, 0.15) is 22.2 Å². The number of rotatable bonds is 10. The summed E-state index contributed by atoms with van der Waals surface area (Å²) >= 11 is 1.03. The van der Waals surface area contributed by atoms with Gasteiger partial charge in [-0.2, -0.15) is 13.2 Å².